The fourth-order valence-corrected chi connectivity index (χ4v) is 2.50. The van der Waals surface area contributed by atoms with Gasteiger partial charge in [0.2, 0.25) is 0 Å². The van der Waals surface area contributed by atoms with Crippen LogP contribution in [0.2, 0.25) is 0 Å². The summed E-state index contributed by atoms with van der Waals surface area (Å²) in [6, 6.07) is 0.435. The maximum absolute atomic E-state index is 11.8. The molecule has 3 N–H and O–H groups in total. The Balaban J connectivity index is 1.65. The largest absolute Gasteiger partial charge is 0.378 e. The SMILES string of the molecule is NC1CCC(CNC(=O)N2CCOCC2)CC1. The molecule has 0 spiro atoms. The molecule has 1 saturated heterocycles. The zero-order valence-electron chi connectivity index (χ0n) is 10.4. The molecule has 98 valence electrons. The highest BCUT2D eigenvalue weighted by molar-refractivity contribution is 5.74. The predicted octanol–water partition coefficient (Wildman–Crippen LogP) is 0.546. The number of nitrogens with two attached hydrogens (primary N) is 1. The highest BCUT2D eigenvalue weighted by Gasteiger charge is 2.21. The Morgan fingerprint density at radius 3 is 2.53 bits per heavy atom. The average molecular weight is 241 g/mol. The number of carbonyl (C=O) groups is 1. The Morgan fingerprint density at radius 2 is 1.88 bits per heavy atom. The summed E-state index contributed by atoms with van der Waals surface area (Å²) >= 11 is 0. The molecule has 5 heteroatoms. The Morgan fingerprint density at radius 1 is 1.24 bits per heavy atom. The fourth-order valence-electron chi connectivity index (χ4n) is 2.50. The van der Waals surface area contributed by atoms with Crippen LogP contribution in [0.25, 0.3) is 0 Å². The monoisotopic (exact) mass is 241 g/mol. The van der Waals surface area contributed by atoms with E-state index in [1.807, 2.05) is 4.90 Å². The number of carbonyl (C=O) groups excluding carboxylic acids is 1. The molecule has 0 unspecified atom stereocenters. The van der Waals surface area contributed by atoms with Gasteiger partial charge in [-0.05, 0) is 31.6 Å². The third-order valence-electron chi connectivity index (χ3n) is 3.73. The Bertz CT molecular complexity index is 246. The zero-order valence-corrected chi connectivity index (χ0v) is 10.4. The molecule has 2 fully saturated rings. The van der Waals surface area contributed by atoms with E-state index in [-0.39, 0.29) is 6.03 Å². The smallest absolute Gasteiger partial charge is 0.317 e. The summed E-state index contributed by atoms with van der Waals surface area (Å²) in [6.07, 6.45) is 4.48. The normalized spacial score (nSPS) is 30.1. The summed E-state index contributed by atoms with van der Waals surface area (Å²) in [5.41, 5.74) is 5.86. The lowest BCUT2D eigenvalue weighted by atomic mass is 9.86. The highest BCUT2D eigenvalue weighted by Crippen LogP contribution is 2.22. The first-order valence-corrected chi connectivity index (χ1v) is 6.62. The van der Waals surface area contributed by atoms with E-state index in [0.717, 1.165) is 32.2 Å². The Kier molecular flexibility index (Phi) is 4.62. The van der Waals surface area contributed by atoms with Crippen LogP contribution in [0.1, 0.15) is 25.7 Å². The first kappa shape index (κ1) is 12.6. The summed E-state index contributed by atoms with van der Waals surface area (Å²) in [6.45, 7) is 3.53. The fraction of sp³-hybridized carbons (Fsp3) is 0.917. The molecule has 0 radical (unpaired) electrons. The van der Waals surface area contributed by atoms with E-state index in [1.54, 1.807) is 0 Å². The van der Waals surface area contributed by atoms with Gasteiger partial charge in [-0.1, -0.05) is 0 Å². The molecule has 17 heavy (non-hydrogen) atoms. The van der Waals surface area contributed by atoms with E-state index in [0.29, 0.717) is 38.3 Å². The van der Waals surface area contributed by atoms with Crippen LogP contribution in [0.5, 0.6) is 0 Å². The third-order valence-corrected chi connectivity index (χ3v) is 3.73. The predicted molar refractivity (Wildman–Crippen MR) is 65.7 cm³/mol. The Hall–Kier alpha value is -0.810. The second-order valence-electron chi connectivity index (χ2n) is 5.07. The van der Waals surface area contributed by atoms with Crippen LogP contribution < -0.4 is 11.1 Å². The minimum absolute atomic E-state index is 0.0585. The number of hydrogen-bond acceptors (Lipinski definition) is 3. The van der Waals surface area contributed by atoms with Crippen molar-refractivity contribution in [3.8, 4) is 0 Å². The van der Waals surface area contributed by atoms with Crippen molar-refractivity contribution in [1.82, 2.24) is 10.2 Å². The van der Waals surface area contributed by atoms with Crippen LogP contribution in [0.15, 0.2) is 0 Å². The second-order valence-corrected chi connectivity index (χ2v) is 5.07. The second kappa shape index (κ2) is 6.21. The molecule has 1 aliphatic heterocycles. The van der Waals surface area contributed by atoms with Gasteiger partial charge in [0.15, 0.2) is 0 Å². The number of urea groups is 1. The van der Waals surface area contributed by atoms with Gasteiger partial charge in [-0.2, -0.15) is 0 Å². The maximum Gasteiger partial charge on any atom is 0.317 e. The van der Waals surface area contributed by atoms with Gasteiger partial charge in [-0.3, -0.25) is 0 Å². The van der Waals surface area contributed by atoms with Gasteiger partial charge in [0.25, 0.3) is 0 Å². The van der Waals surface area contributed by atoms with E-state index < -0.39 is 0 Å². The minimum Gasteiger partial charge on any atom is -0.378 e. The molecule has 0 aromatic rings. The van der Waals surface area contributed by atoms with Gasteiger partial charge in [-0.15, -0.1) is 0 Å². The lowest BCUT2D eigenvalue weighted by molar-refractivity contribution is 0.0528. The minimum atomic E-state index is 0.0585. The topological polar surface area (TPSA) is 67.6 Å². The molecule has 0 atom stereocenters. The van der Waals surface area contributed by atoms with Crippen molar-refractivity contribution in [2.24, 2.45) is 11.7 Å². The number of ether oxygens (including phenoxy) is 1. The average Bonchev–Trinajstić information content (AvgIpc) is 2.39. The van der Waals surface area contributed by atoms with Gasteiger partial charge in [-0.25, -0.2) is 4.79 Å². The highest BCUT2D eigenvalue weighted by atomic mass is 16.5. The van der Waals surface area contributed by atoms with Gasteiger partial charge in [0, 0.05) is 25.7 Å². The third kappa shape index (κ3) is 3.85. The van der Waals surface area contributed by atoms with Crippen molar-refractivity contribution >= 4 is 6.03 Å². The van der Waals surface area contributed by atoms with Gasteiger partial charge in [0.05, 0.1) is 13.2 Å². The molecule has 1 aliphatic carbocycles. The Labute approximate surface area is 103 Å². The summed E-state index contributed by atoms with van der Waals surface area (Å²) in [5.74, 6) is 0.611. The summed E-state index contributed by atoms with van der Waals surface area (Å²) < 4.78 is 5.22. The van der Waals surface area contributed by atoms with Crippen LogP contribution in [0, 0.1) is 5.92 Å². The van der Waals surface area contributed by atoms with E-state index >= 15 is 0 Å². The quantitative estimate of drug-likeness (QED) is 0.741. The molecular weight excluding hydrogens is 218 g/mol. The molecule has 2 rings (SSSR count). The molecule has 2 amide bonds. The molecule has 0 aromatic heterocycles. The molecular formula is C12H23N3O2. The summed E-state index contributed by atoms with van der Waals surface area (Å²) in [4.78, 5) is 13.7. The van der Waals surface area contributed by atoms with E-state index in [9.17, 15) is 4.79 Å². The molecule has 1 saturated carbocycles. The summed E-state index contributed by atoms with van der Waals surface area (Å²) in [5, 5.41) is 3.03. The lowest BCUT2D eigenvalue weighted by Crippen LogP contribution is -2.47. The van der Waals surface area contributed by atoms with Crippen molar-refractivity contribution in [2.75, 3.05) is 32.8 Å². The standard InChI is InChI=1S/C12H23N3O2/c13-11-3-1-10(2-4-11)9-14-12(16)15-5-7-17-8-6-15/h10-11H,1-9,13H2,(H,14,16). The van der Waals surface area contributed by atoms with E-state index in [1.165, 1.54) is 0 Å². The van der Waals surface area contributed by atoms with Crippen LogP contribution in [0.4, 0.5) is 4.79 Å². The van der Waals surface area contributed by atoms with Crippen molar-refractivity contribution in [2.45, 2.75) is 31.7 Å². The number of hydrogen-bond donors (Lipinski definition) is 2. The van der Waals surface area contributed by atoms with Crippen LogP contribution >= 0.6 is 0 Å². The molecule has 5 nitrogen and oxygen atoms in total. The molecule has 0 bridgehead atoms. The van der Waals surface area contributed by atoms with Gasteiger partial charge >= 0.3 is 6.03 Å². The van der Waals surface area contributed by atoms with Crippen molar-refractivity contribution in [3.05, 3.63) is 0 Å². The summed E-state index contributed by atoms with van der Waals surface area (Å²) in [7, 11) is 0. The van der Waals surface area contributed by atoms with Crippen LogP contribution in [-0.2, 0) is 4.74 Å². The first-order chi connectivity index (χ1) is 8.25. The number of nitrogens with zero attached hydrogens (tertiary/aromatic N) is 1. The molecule has 2 aliphatic rings. The number of nitrogens with one attached hydrogen (secondary N) is 1. The maximum atomic E-state index is 11.8. The van der Waals surface area contributed by atoms with Gasteiger partial charge < -0.3 is 20.7 Å². The zero-order chi connectivity index (χ0) is 12.1. The van der Waals surface area contributed by atoms with Crippen LogP contribution in [0.3, 0.4) is 0 Å². The lowest BCUT2D eigenvalue weighted by Gasteiger charge is -2.29. The number of morpholine rings is 1. The van der Waals surface area contributed by atoms with E-state index in [4.69, 9.17) is 10.5 Å². The first-order valence-electron chi connectivity index (χ1n) is 6.62. The molecule has 0 aromatic carbocycles. The van der Waals surface area contributed by atoms with E-state index in [2.05, 4.69) is 5.32 Å². The number of amides is 2. The van der Waals surface area contributed by atoms with Crippen molar-refractivity contribution < 1.29 is 9.53 Å². The van der Waals surface area contributed by atoms with Gasteiger partial charge in [0.1, 0.15) is 0 Å². The van der Waals surface area contributed by atoms with Crippen molar-refractivity contribution in [1.29, 1.82) is 0 Å². The number of rotatable bonds is 2. The van der Waals surface area contributed by atoms with Crippen molar-refractivity contribution in [3.63, 3.8) is 0 Å². The molecule has 1 heterocycles. The van der Waals surface area contributed by atoms with Crippen LogP contribution in [-0.4, -0.2) is 49.8 Å².